The molecule has 84 valence electrons. The molecule has 1 amide bonds. The molecule has 1 aromatic rings. The molecule has 0 aliphatic rings. The van der Waals surface area contributed by atoms with Crippen molar-refractivity contribution in [1.82, 2.24) is 5.32 Å². The molecule has 0 aromatic heterocycles. The average molecular weight is 217 g/mol. The fraction of sp³-hybridized carbons (Fsp3) is 0.333. The van der Waals surface area contributed by atoms with E-state index in [1.54, 1.807) is 24.3 Å². The van der Waals surface area contributed by atoms with E-state index in [0.29, 0.717) is 17.7 Å². The summed E-state index contributed by atoms with van der Waals surface area (Å²) in [6, 6.07) is 8.49. The Morgan fingerprint density at radius 2 is 2.12 bits per heavy atom. The van der Waals surface area contributed by atoms with Gasteiger partial charge < -0.3 is 11.1 Å². The number of benzene rings is 1. The van der Waals surface area contributed by atoms with Crippen LogP contribution in [0.2, 0.25) is 0 Å². The Balaban J connectivity index is 2.57. The predicted octanol–water partition coefficient (Wildman–Crippen LogP) is 1.03. The molecular weight excluding hydrogens is 202 g/mol. The van der Waals surface area contributed by atoms with E-state index in [9.17, 15) is 4.79 Å². The van der Waals surface area contributed by atoms with Gasteiger partial charge in [-0.2, -0.15) is 5.26 Å². The average Bonchev–Trinajstić information content (AvgIpc) is 2.35. The Bertz CT molecular complexity index is 392. The summed E-state index contributed by atoms with van der Waals surface area (Å²) in [6.07, 6.45) is 0.827. The first kappa shape index (κ1) is 12.2. The summed E-state index contributed by atoms with van der Waals surface area (Å²) in [5.74, 6) is -0.159. The smallest absolute Gasteiger partial charge is 0.251 e. The van der Waals surface area contributed by atoms with Crippen molar-refractivity contribution in [2.45, 2.75) is 19.4 Å². The number of hydrogen-bond donors (Lipinski definition) is 2. The molecule has 0 saturated carbocycles. The van der Waals surface area contributed by atoms with Crippen molar-refractivity contribution >= 4 is 5.91 Å². The Hall–Kier alpha value is -1.86. The Kier molecular flexibility index (Phi) is 4.49. The third kappa shape index (κ3) is 3.37. The molecule has 0 aliphatic carbocycles. The SMILES string of the molecule is CCC(N)CNC(=O)c1ccc(C#N)cc1. The Morgan fingerprint density at radius 3 is 2.62 bits per heavy atom. The van der Waals surface area contributed by atoms with Gasteiger partial charge >= 0.3 is 0 Å². The summed E-state index contributed by atoms with van der Waals surface area (Å²) >= 11 is 0. The molecule has 0 heterocycles. The number of amides is 1. The summed E-state index contributed by atoms with van der Waals surface area (Å²) in [5, 5.41) is 11.3. The zero-order chi connectivity index (χ0) is 12.0. The van der Waals surface area contributed by atoms with Crippen molar-refractivity contribution in [2.24, 2.45) is 5.73 Å². The van der Waals surface area contributed by atoms with E-state index in [1.165, 1.54) is 0 Å². The zero-order valence-electron chi connectivity index (χ0n) is 9.23. The van der Waals surface area contributed by atoms with E-state index in [0.717, 1.165) is 6.42 Å². The summed E-state index contributed by atoms with van der Waals surface area (Å²) < 4.78 is 0. The Labute approximate surface area is 95.1 Å². The minimum Gasteiger partial charge on any atom is -0.350 e. The molecule has 4 heteroatoms. The normalized spacial score (nSPS) is 11.6. The van der Waals surface area contributed by atoms with Crippen LogP contribution in [0.1, 0.15) is 29.3 Å². The number of nitrogens with one attached hydrogen (secondary N) is 1. The molecule has 0 spiro atoms. The van der Waals surface area contributed by atoms with E-state index in [1.807, 2.05) is 13.0 Å². The van der Waals surface area contributed by atoms with Crippen LogP contribution in [0.5, 0.6) is 0 Å². The second-order valence-electron chi connectivity index (χ2n) is 3.57. The number of nitrogens with zero attached hydrogens (tertiary/aromatic N) is 1. The van der Waals surface area contributed by atoms with E-state index in [4.69, 9.17) is 11.0 Å². The molecule has 0 saturated heterocycles. The van der Waals surface area contributed by atoms with Gasteiger partial charge in [-0.15, -0.1) is 0 Å². The second kappa shape index (κ2) is 5.89. The monoisotopic (exact) mass is 217 g/mol. The third-order valence-electron chi connectivity index (χ3n) is 2.33. The first-order valence-corrected chi connectivity index (χ1v) is 5.21. The molecule has 0 radical (unpaired) electrons. The molecule has 1 rings (SSSR count). The molecule has 0 bridgehead atoms. The lowest BCUT2D eigenvalue weighted by Crippen LogP contribution is -2.36. The van der Waals surface area contributed by atoms with Crippen LogP contribution in [0.4, 0.5) is 0 Å². The Morgan fingerprint density at radius 1 is 1.50 bits per heavy atom. The summed E-state index contributed by atoms with van der Waals surface area (Å²) in [7, 11) is 0. The molecule has 1 aromatic carbocycles. The van der Waals surface area contributed by atoms with Gasteiger partial charge in [-0.3, -0.25) is 4.79 Å². The van der Waals surface area contributed by atoms with E-state index in [-0.39, 0.29) is 11.9 Å². The van der Waals surface area contributed by atoms with Crippen molar-refractivity contribution in [3.05, 3.63) is 35.4 Å². The van der Waals surface area contributed by atoms with Gasteiger partial charge in [-0.05, 0) is 30.7 Å². The van der Waals surface area contributed by atoms with Gasteiger partial charge in [0.05, 0.1) is 11.6 Å². The molecule has 0 aliphatic heterocycles. The van der Waals surface area contributed by atoms with Gasteiger partial charge in [-0.25, -0.2) is 0 Å². The van der Waals surface area contributed by atoms with E-state index >= 15 is 0 Å². The van der Waals surface area contributed by atoms with Crippen LogP contribution in [0.15, 0.2) is 24.3 Å². The maximum atomic E-state index is 11.6. The molecule has 1 atom stereocenters. The van der Waals surface area contributed by atoms with E-state index < -0.39 is 0 Å². The third-order valence-corrected chi connectivity index (χ3v) is 2.33. The minimum atomic E-state index is -0.159. The van der Waals surface area contributed by atoms with Crippen LogP contribution in [-0.4, -0.2) is 18.5 Å². The lowest BCUT2D eigenvalue weighted by molar-refractivity contribution is 0.0951. The van der Waals surface area contributed by atoms with Crippen molar-refractivity contribution in [3.63, 3.8) is 0 Å². The first-order valence-electron chi connectivity index (χ1n) is 5.21. The van der Waals surface area contributed by atoms with Crippen LogP contribution >= 0.6 is 0 Å². The number of carbonyl (C=O) groups is 1. The molecular formula is C12H15N3O. The maximum Gasteiger partial charge on any atom is 0.251 e. The highest BCUT2D eigenvalue weighted by atomic mass is 16.1. The first-order chi connectivity index (χ1) is 7.67. The standard InChI is InChI=1S/C12H15N3O/c1-2-11(14)8-15-12(16)10-5-3-9(7-13)4-6-10/h3-6,11H,2,8,14H2,1H3,(H,15,16). The van der Waals surface area contributed by atoms with Gasteiger partial charge in [0.15, 0.2) is 0 Å². The lowest BCUT2D eigenvalue weighted by atomic mass is 10.1. The van der Waals surface area contributed by atoms with Gasteiger partial charge in [0.25, 0.3) is 5.91 Å². The fourth-order valence-electron chi connectivity index (χ4n) is 1.17. The molecule has 0 fully saturated rings. The van der Waals surface area contributed by atoms with Crippen LogP contribution in [0.3, 0.4) is 0 Å². The largest absolute Gasteiger partial charge is 0.350 e. The molecule has 3 N–H and O–H groups in total. The van der Waals surface area contributed by atoms with Crippen LogP contribution in [0.25, 0.3) is 0 Å². The summed E-state index contributed by atoms with van der Waals surface area (Å²) in [4.78, 5) is 11.6. The maximum absolute atomic E-state index is 11.6. The van der Waals surface area contributed by atoms with E-state index in [2.05, 4.69) is 5.32 Å². The number of rotatable bonds is 4. The quantitative estimate of drug-likeness (QED) is 0.790. The number of carbonyl (C=O) groups excluding carboxylic acids is 1. The van der Waals surface area contributed by atoms with Gasteiger partial charge in [0.2, 0.25) is 0 Å². The lowest BCUT2D eigenvalue weighted by Gasteiger charge is -2.10. The molecule has 1 unspecified atom stereocenters. The second-order valence-corrected chi connectivity index (χ2v) is 3.57. The topological polar surface area (TPSA) is 78.9 Å². The fourth-order valence-corrected chi connectivity index (χ4v) is 1.17. The number of nitriles is 1. The number of nitrogens with two attached hydrogens (primary N) is 1. The van der Waals surface area contributed by atoms with Crippen LogP contribution in [-0.2, 0) is 0 Å². The highest BCUT2D eigenvalue weighted by Gasteiger charge is 2.06. The van der Waals surface area contributed by atoms with Gasteiger partial charge in [-0.1, -0.05) is 6.92 Å². The van der Waals surface area contributed by atoms with Crippen molar-refractivity contribution in [3.8, 4) is 6.07 Å². The van der Waals surface area contributed by atoms with Crippen molar-refractivity contribution in [1.29, 1.82) is 5.26 Å². The number of hydrogen-bond acceptors (Lipinski definition) is 3. The highest BCUT2D eigenvalue weighted by molar-refractivity contribution is 5.94. The highest BCUT2D eigenvalue weighted by Crippen LogP contribution is 2.02. The van der Waals surface area contributed by atoms with Crippen LogP contribution in [0, 0.1) is 11.3 Å². The summed E-state index contributed by atoms with van der Waals surface area (Å²) in [6.45, 7) is 2.44. The molecule has 4 nitrogen and oxygen atoms in total. The zero-order valence-corrected chi connectivity index (χ0v) is 9.23. The minimum absolute atomic E-state index is 0.0117. The predicted molar refractivity (Wildman–Crippen MR) is 61.8 cm³/mol. The van der Waals surface area contributed by atoms with Gasteiger partial charge in [0, 0.05) is 18.2 Å². The summed E-state index contributed by atoms with van der Waals surface area (Å²) in [5.41, 5.74) is 6.77. The van der Waals surface area contributed by atoms with Crippen LogP contribution < -0.4 is 11.1 Å². The van der Waals surface area contributed by atoms with Crippen molar-refractivity contribution < 1.29 is 4.79 Å². The van der Waals surface area contributed by atoms with Gasteiger partial charge in [0.1, 0.15) is 0 Å². The van der Waals surface area contributed by atoms with Crippen molar-refractivity contribution in [2.75, 3.05) is 6.54 Å². The molecule has 16 heavy (non-hydrogen) atoms.